The van der Waals surface area contributed by atoms with Crippen molar-refractivity contribution < 1.29 is 4.79 Å². The molecule has 0 radical (unpaired) electrons. The molecule has 1 aromatic heterocycles. The van der Waals surface area contributed by atoms with Gasteiger partial charge in [-0.25, -0.2) is 0 Å². The van der Waals surface area contributed by atoms with E-state index in [1.807, 2.05) is 23.9 Å². The van der Waals surface area contributed by atoms with E-state index in [0.717, 1.165) is 34.8 Å². The highest BCUT2D eigenvalue weighted by Gasteiger charge is 2.15. The van der Waals surface area contributed by atoms with Gasteiger partial charge in [-0.3, -0.25) is 9.59 Å². The molecule has 1 aliphatic heterocycles. The Morgan fingerprint density at radius 1 is 1.24 bits per heavy atom. The molecule has 2 heterocycles. The number of hydrogen-bond acceptors (Lipinski definition) is 4. The first-order valence-corrected chi connectivity index (χ1v) is 10.1. The van der Waals surface area contributed by atoms with Crippen LogP contribution in [0.1, 0.15) is 0 Å². The van der Waals surface area contributed by atoms with Gasteiger partial charge in [-0.2, -0.15) is 11.8 Å². The average molecular weight is 443 g/mol. The van der Waals surface area contributed by atoms with Crippen LogP contribution in [-0.2, 0) is 11.3 Å². The summed E-state index contributed by atoms with van der Waals surface area (Å²) in [6.07, 6.45) is 1.59. The van der Waals surface area contributed by atoms with Gasteiger partial charge in [-0.15, -0.1) is 0 Å². The normalized spacial score (nSPS) is 14.4. The molecular weight excluding hydrogens is 426 g/mol. The monoisotopic (exact) mass is 441 g/mol. The molecule has 2 aromatic rings. The van der Waals surface area contributed by atoms with Crippen LogP contribution >= 0.6 is 39.3 Å². The maximum Gasteiger partial charge on any atom is 0.251 e. The van der Waals surface area contributed by atoms with E-state index in [1.165, 1.54) is 10.6 Å². The van der Waals surface area contributed by atoms with Gasteiger partial charge in [-0.1, -0.05) is 11.6 Å². The van der Waals surface area contributed by atoms with E-state index in [4.69, 9.17) is 11.6 Å². The lowest BCUT2D eigenvalue weighted by Gasteiger charge is -2.29. The number of amides is 1. The summed E-state index contributed by atoms with van der Waals surface area (Å²) in [6, 6.07) is 8.58. The minimum absolute atomic E-state index is 0.0546. The second kappa shape index (κ2) is 8.29. The van der Waals surface area contributed by atoms with E-state index in [2.05, 4.69) is 26.1 Å². The second-order valence-electron chi connectivity index (χ2n) is 5.63. The van der Waals surface area contributed by atoms with Gasteiger partial charge in [0.1, 0.15) is 6.54 Å². The first-order chi connectivity index (χ1) is 12.0. The summed E-state index contributed by atoms with van der Waals surface area (Å²) in [6.45, 7) is 1.89. The van der Waals surface area contributed by atoms with E-state index in [0.29, 0.717) is 10.7 Å². The van der Waals surface area contributed by atoms with E-state index in [9.17, 15) is 9.59 Å². The van der Waals surface area contributed by atoms with Crippen LogP contribution < -0.4 is 15.8 Å². The first-order valence-electron chi connectivity index (χ1n) is 7.81. The van der Waals surface area contributed by atoms with Gasteiger partial charge in [-0.05, 0) is 40.2 Å². The highest BCUT2D eigenvalue weighted by Crippen LogP contribution is 2.30. The lowest BCUT2D eigenvalue weighted by Crippen LogP contribution is -2.32. The average Bonchev–Trinajstić information content (AvgIpc) is 2.59. The molecule has 1 aliphatic rings. The Balaban J connectivity index is 1.68. The predicted molar refractivity (Wildman–Crippen MR) is 108 cm³/mol. The fraction of sp³-hybridized carbons (Fsp3) is 0.294. The molecule has 1 N–H and O–H groups in total. The van der Waals surface area contributed by atoms with E-state index < -0.39 is 0 Å². The lowest BCUT2D eigenvalue weighted by molar-refractivity contribution is -0.116. The Morgan fingerprint density at radius 2 is 2.00 bits per heavy atom. The molecule has 0 spiro atoms. The van der Waals surface area contributed by atoms with Crippen molar-refractivity contribution in [2.24, 2.45) is 0 Å². The van der Waals surface area contributed by atoms with Crippen LogP contribution in [0.5, 0.6) is 0 Å². The summed E-state index contributed by atoms with van der Waals surface area (Å²) in [5.41, 5.74) is 1.38. The number of anilines is 2. The maximum atomic E-state index is 12.2. The second-order valence-corrected chi connectivity index (χ2v) is 8.17. The summed E-state index contributed by atoms with van der Waals surface area (Å²) in [7, 11) is 0. The van der Waals surface area contributed by atoms with Crippen molar-refractivity contribution in [2.45, 2.75) is 6.54 Å². The van der Waals surface area contributed by atoms with Crippen LogP contribution in [0, 0.1) is 0 Å². The van der Waals surface area contributed by atoms with Gasteiger partial charge in [0.25, 0.3) is 5.56 Å². The van der Waals surface area contributed by atoms with Gasteiger partial charge in [0.15, 0.2) is 0 Å². The van der Waals surface area contributed by atoms with Crippen LogP contribution in [-0.4, -0.2) is 35.1 Å². The van der Waals surface area contributed by atoms with Gasteiger partial charge in [0, 0.05) is 47.0 Å². The number of halogens is 2. The largest absolute Gasteiger partial charge is 0.369 e. The van der Waals surface area contributed by atoms with Crippen molar-refractivity contribution in [1.29, 1.82) is 0 Å². The Hall–Kier alpha value is -1.44. The highest BCUT2D eigenvalue weighted by atomic mass is 79.9. The molecule has 1 fully saturated rings. The van der Waals surface area contributed by atoms with Crippen molar-refractivity contribution in [1.82, 2.24) is 4.57 Å². The first kappa shape index (κ1) is 18.4. The van der Waals surface area contributed by atoms with Crippen molar-refractivity contribution in [3.05, 3.63) is 56.4 Å². The zero-order chi connectivity index (χ0) is 17.8. The number of thioether (sulfide) groups is 1. The predicted octanol–water partition coefficient (Wildman–Crippen LogP) is 3.46. The minimum Gasteiger partial charge on any atom is -0.369 e. The summed E-state index contributed by atoms with van der Waals surface area (Å²) in [4.78, 5) is 26.2. The summed E-state index contributed by atoms with van der Waals surface area (Å²) < 4.78 is 2.09. The molecule has 1 aromatic carbocycles. The van der Waals surface area contributed by atoms with Crippen LogP contribution in [0.2, 0.25) is 5.02 Å². The fourth-order valence-electron chi connectivity index (χ4n) is 2.63. The lowest BCUT2D eigenvalue weighted by atomic mass is 10.2. The van der Waals surface area contributed by atoms with Crippen molar-refractivity contribution >= 4 is 56.6 Å². The molecule has 0 bridgehead atoms. The Morgan fingerprint density at radius 3 is 2.72 bits per heavy atom. The SMILES string of the molecule is O=C(Cn1cc(Br)ccc1=O)Nc1ccc(N2CCSCC2)c(Cl)c1. The van der Waals surface area contributed by atoms with Crippen molar-refractivity contribution in [3.8, 4) is 0 Å². The molecule has 0 atom stereocenters. The minimum atomic E-state index is -0.279. The molecular formula is C17H17BrClN3O2S. The Labute approximate surface area is 163 Å². The number of carbonyl (C=O) groups is 1. The zero-order valence-electron chi connectivity index (χ0n) is 13.4. The van der Waals surface area contributed by atoms with Crippen LogP contribution in [0.3, 0.4) is 0 Å². The highest BCUT2D eigenvalue weighted by molar-refractivity contribution is 9.10. The number of benzene rings is 1. The standard InChI is InChI=1S/C17H17BrClN3O2S/c18-12-1-4-17(24)22(10-12)11-16(23)20-13-2-3-15(14(19)9-13)21-5-7-25-8-6-21/h1-4,9-10H,5-8,11H2,(H,20,23). The third-order valence-corrected chi connectivity index (χ3v) is 5.56. The van der Waals surface area contributed by atoms with E-state index in [-0.39, 0.29) is 18.0 Å². The summed E-state index contributed by atoms with van der Waals surface area (Å²) in [5.74, 6) is 1.91. The molecule has 25 heavy (non-hydrogen) atoms. The smallest absolute Gasteiger partial charge is 0.251 e. The molecule has 8 heteroatoms. The van der Waals surface area contributed by atoms with Crippen molar-refractivity contribution in [2.75, 3.05) is 34.8 Å². The number of nitrogens with zero attached hydrogens (tertiary/aromatic N) is 2. The quantitative estimate of drug-likeness (QED) is 0.788. The maximum absolute atomic E-state index is 12.2. The van der Waals surface area contributed by atoms with Crippen LogP contribution in [0.25, 0.3) is 0 Å². The van der Waals surface area contributed by atoms with E-state index >= 15 is 0 Å². The number of aromatic nitrogens is 1. The zero-order valence-corrected chi connectivity index (χ0v) is 16.5. The molecule has 0 unspecified atom stereocenters. The molecule has 1 amide bonds. The van der Waals surface area contributed by atoms with Gasteiger partial charge in [0.2, 0.25) is 5.91 Å². The van der Waals surface area contributed by atoms with E-state index in [1.54, 1.807) is 18.3 Å². The molecule has 3 rings (SSSR count). The Kier molecular flexibility index (Phi) is 6.09. The molecule has 5 nitrogen and oxygen atoms in total. The number of rotatable bonds is 4. The Bertz CT molecular complexity index is 837. The summed E-state index contributed by atoms with van der Waals surface area (Å²) in [5, 5.41) is 3.40. The van der Waals surface area contributed by atoms with Gasteiger partial charge in [0.05, 0.1) is 10.7 Å². The molecule has 1 saturated heterocycles. The number of carbonyl (C=O) groups excluding carboxylic acids is 1. The summed E-state index contributed by atoms with van der Waals surface area (Å²) >= 11 is 11.6. The third kappa shape index (κ3) is 4.80. The molecule has 0 saturated carbocycles. The number of nitrogens with one attached hydrogen (secondary N) is 1. The van der Waals surface area contributed by atoms with Gasteiger partial charge >= 0.3 is 0 Å². The fourth-order valence-corrected chi connectivity index (χ4v) is 4.21. The molecule has 132 valence electrons. The third-order valence-electron chi connectivity index (χ3n) is 3.84. The number of pyridine rings is 1. The molecule has 0 aliphatic carbocycles. The van der Waals surface area contributed by atoms with Crippen LogP contribution in [0.15, 0.2) is 45.8 Å². The van der Waals surface area contributed by atoms with Crippen molar-refractivity contribution in [3.63, 3.8) is 0 Å². The van der Waals surface area contributed by atoms with Crippen LogP contribution in [0.4, 0.5) is 11.4 Å². The number of hydrogen-bond donors (Lipinski definition) is 1. The van der Waals surface area contributed by atoms with Gasteiger partial charge < -0.3 is 14.8 Å². The topological polar surface area (TPSA) is 54.3 Å².